The van der Waals surface area contributed by atoms with E-state index in [-0.39, 0.29) is 12.0 Å². The third-order valence-electron chi connectivity index (χ3n) is 7.66. The Morgan fingerprint density at radius 1 is 1.14 bits per heavy atom. The first-order valence-corrected chi connectivity index (χ1v) is 12.6. The van der Waals surface area contributed by atoms with Gasteiger partial charge in [0, 0.05) is 23.8 Å². The van der Waals surface area contributed by atoms with Gasteiger partial charge in [-0.3, -0.25) is 4.98 Å². The average Bonchev–Trinajstić information content (AvgIpc) is 2.92. The van der Waals surface area contributed by atoms with E-state index in [4.69, 9.17) is 4.74 Å². The molecule has 2 aromatic carbocycles. The van der Waals surface area contributed by atoms with Crippen LogP contribution >= 0.6 is 0 Å². The third kappa shape index (κ3) is 6.18. The fraction of sp³-hybridized carbons (Fsp3) is 0.483. The standard InChI is InChI=1S/C29H37FN2O3/c1-35-24-9-10-26-25(18-24)28(23(19-30)20-31-26)27(34)11-12-29(21-33)13-16-32(17-14-29)15-5-8-22-6-3-2-4-7-22/h2-4,6-7,9-10,18,20,27,33-34H,5,8,11-17,19,21H2,1H3/t27-/m0/s1. The van der Waals surface area contributed by atoms with Crippen LogP contribution in [0.3, 0.4) is 0 Å². The largest absolute Gasteiger partial charge is 0.497 e. The zero-order valence-electron chi connectivity index (χ0n) is 20.6. The molecule has 1 aromatic heterocycles. The Morgan fingerprint density at radius 2 is 1.91 bits per heavy atom. The smallest absolute Gasteiger partial charge is 0.119 e. The molecule has 1 aliphatic rings. The van der Waals surface area contributed by atoms with Crippen molar-refractivity contribution in [3.05, 3.63) is 71.4 Å². The van der Waals surface area contributed by atoms with Crippen LogP contribution < -0.4 is 4.74 Å². The Kier molecular flexibility index (Phi) is 8.71. The number of nitrogens with zero attached hydrogens (tertiary/aromatic N) is 2. The second-order valence-electron chi connectivity index (χ2n) is 9.86. The Bertz CT molecular complexity index is 1080. The number of aliphatic hydroxyl groups excluding tert-OH is 2. The quantitative estimate of drug-likeness (QED) is 0.393. The maximum Gasteiger partial charge on any atom is 0.119 e. The number of hydrogen-bond acceptors (Lipinski definition) is 5. The first-order chi connectivity index (χ1) is 17.1. The van der Waals surface area contributed by atoms with Crippen molar-refractivity contribution in [2.75, 3.05) is 33.4 Å². The number of halogens is 1. The third-order valence-corrected chi connectivity index (χ3v) is 7.66. The lowest BCUT2D eigenvalue weighted by molar-refractivity contribution is 0.0233. The number of methoxy groups -OCH3 is 1. The Labute approximate surface area is 207 Å². The monoisotopic (exact) mass is 480 g/mol. The fourth-order valence-electron chi connectivity index (χ4n) is 5.34. The summed E-state index contributed by atoms with van der Waals surface area (Å²) in [5, 5.41) is 22.2. The molecule has 188 valence electrons. The van der Waals surface area contributed by atoms with Gasteiger partial charge in [-0.2, -0.15) is 0 Å². The molecule has 0 aliphatic carbocycles. The topological polar surface area (TPSA) is 65.8 Å². The highest BCUT2D eigenvalue weighted by Crippen LogP contribution is 2.40. The number of hydrogen-bond donors (Lipinski definition) is 2. The van der Waals surface area contributed by atoms with Crippen LogP contribution in [0.1, 0.15) is 54.9 Å². The zero-order chi connectivity index (χ0) is 24.7. The van der Waals surface area contributed by atoms with Crippen LogP contribution in [0.15, 0.2) is 54.7 Å². The first kappa shape index (κ1) is 25.5. The highest BCUT2D eigenvalue weighted by Gasteiger charge is 2.34. The lowest BCUT2D eigenvalue weighted by Gasteiger charge is -2.41. The number of benzene rings is 2. The summed E-state index contributed by atoms with van der Waals surface area (Å²) >= 11 is 0. The van der Waals surface area contributed by atoms with Crippen LogP contribution in [-0.2, 0) is 13.1 Å². The molecule has 0 radical (unpaired) electrons. The summed E-state index contributed by atoms with van der Waals surface area (Å²) < 4.78 is 19.2. The number of pyridine rings is 1. The summed E-state index contributed by atoms with van der Waals surface area (Å²) in [7, 11) is 1.59. The van der Waals surface area contributed by atoms with Crippen molar-refractivity contribution < 1.29 is 19.3 Å². The van der Waals surface area contributed by atoms with Crippen LogP contribution in [-0.4, -0.2) is 53.4 Å². The molecule has 0 unspecified atom stereocenters. The molecule has 35 heavy (non-hydrogen) atoms. The van der Waals surface area contributed by atoms with Crippen molar-refractivity contribution in [1.82, 2.24) is 9.88 Å². The van der Waals surface area contributed by atoms with Gasteiger partial charge in [0.15, 0.2) is 0 Å². The number of fused-ring (bicyclic) bond motifs is 1. The van der Waals surface area contributed by atoms with Gasteiger partial charge in [0.1, 0.15) is 12.4 Å². The summed E-state index contributed by atoms with van der Waals surface area (Å²) in [4.78, 5) is 6.83. The van der Waals surface area contributed by atoms with Crippen molar-refractivity contribution in [3.63, 3.8) is 0 Å². The Hall–Kier alpha value is -2.54. The average molecular weight is 481 g/mol. The summed E-state index contributed by atoms with van der Waals surface area (Å²) in [6.45, 7) is 2.39. The van der Waals surface area contributed by atoms with E-state index in [1.165, 1.54) is 11.8 Å². The van der Waals surface area contributed by atoms with Crippen LogP contribution in [0.5, 0.6) is 5.75 Å². The molecule has 5 nitrogen and oxygen atoms in total. The molecule has 0 spiro atoms. The van der Waals surface area contributed by atoms with Gasteiger partial charge in [-0.05, 0) is 92.9 Å². The number of aliphatic hydroxyl groups is 2. The number of alkyl halides is 1. The van der Waals surface area contributed by atoms with E-state index >= 15 is 0 Å². The van der Waals surface area contributed by atoms with Gasteiger partial charge >= 0.3 is 0 Å². The van der Waals surface area contributed by atoms with Crippen molar-refractivity contribution >= 4 is 10.9 Å². The minimum absolute atomic E-state index is 0.110. The Balaban J connectivity index is 1.36. The molecule has 0 saturated carbocycles. The first-order valence-electron chi connectivity index (χ1n) is 12.6. The zero-order valence-corrected chi connectivity index (χ0v) is 20.6. The minimum Gasteiger partial charge on any atom is -0.497 e. The second-order valence-corrected chi connectivity index (χ2v) is 9.86. The summed E-state index contributed by atoms with van der Waals surface area (Å²) in [6, 6.07) is 16.0. The molecule has 3 aromatic rings. The molecule has 1 saturated heterocycles. The molecular formula is C29H37FN2O3. The van der Waals surface area contributed by atoms with Crippen LogP contribution in [0.2, 0.25) is 0 Å². The summed E-state index contributed by atoms with van der Waals surface area (Å²) in [5.74, 6) is 0.648. The van der Waals surface area contributed by atoms with Gasteiger partial charge in [0.05, 0.1) is 18.7 Å². The van der Waals surface area contributed by atoms with Crippen molar-refractivity contribution in [3.8, 4) is 5.75 Å². The predicted molar refractivity (Wildman–Crippen MR) is 137 cm³/mol. The maximum atomic E-state index is 13.8. The van der Waals surface area contributed by atoms with Gasteiger partial charge in [-0.1, -0.05) is 30.3 Å². The lowest BCUT2D eigenvalue weighted by atomic mass is 9.74. The number of likely N-dealkylation sites (tertiary alicyclic amines) is 1. The van der Waals surface area contributed by atoms with Gasteiger partial charge < -0.3 is 19.8 Å². The van der Waals surface area contributed by atoms with E-state index in [1.807, 2.05) is 24.3 Å². The number of ether oxygens (including phenoxy) is 1. The second kappa shape index (κ2) is 11.9. The van der Waals surface area contributed by atoms with E-state index in [2.05, 4.69) is 34.1 Å². The van der Waals surface area contributed by atoms with Gasteiger partial charge in [0.25, 0.3) is 0 Å². The van der Waals surface area contributed by atoms with Crippen molar-refractivity contribution in [2.24, 2.45) is 5.41 Å². The highest BCUT2D eigenvalue weighted by molar-refractivity contribution is 5.85. The van der Waals surface area contributed by atoms with Crippen molar-refractivity contribution in [2.45, 2.75) is 51.3 Å². The van der Waals surface area contributed by atoms with E-state index in [0.717, 1.165) is 50.7 Å². The van der Waals surface area contributed by atoms with Crippen LogP contribution in [0.4, 0.5) is 4.39 Å². The lowest BCUT2D eigenvalue weighted by Crippen LogP contribution is -2.42. The molecule has 1 fully saturated rings. The molecule has 6 heteroatoms. The molecule has 2 heterocycles. The highest BCUT2D eigenvalue weighted by atomic mass is 19.1. The molecule has 0 amide bonds. The number of rotatable bonds is 11. The fourth-order valence-corrected chi connectivity index (χ4v) is 5.34. The molecule has 0 bridgehead atoms. The van der Waals surface area contributed by atoms with E-state index in [1.54, 1.807) is 7.11 Å². The number of piperidine rings is 1. The van der Waals surface area contributed by atoms with Crippen molar-refractivity contribution in [1.29, 1.82) is 0 Å². The van der Waals surface area contributed by atoms with Gasteiger partial charge in [0.2, 0.25) is 0 Å². The molecule has 4 rings (SSSR count). The number of aryl methyl sites for hydroxylation is 1. The Morgan fingerprint density at radius 3 is 2.60 bits per heavy atom. The SMILES string of the molecule is COc1ccc2ncc(CF)c([C@@H](O)CCC3(CO)CCN(CCCc4ccccc4)CC3)c2c1. The van der Waals surface area contributed by atoms with Gasteiger partial charge in [-0.15, -0.1) is 0 Å². The van der Waals surface area contributed by atoms with E-state index in [9.17, 15) is 14.6 Å². The summed E-state index contributed by atoms with van der Waals surface area (Å²) in [5.41, 5.74) is 2.87. The van der Waals surface area contributed by atoms with Crippen LogP contribution in [0, 0.1) is 5.41 Å². The molecule has 1 aliphatic heterocycles. The predicted octanol–water partition coefficient (Wildman–Crippen LogP) is 5.23. The normalized spacial score (nSPS) is 16.9. The summed E-state index contributed by atoms with van der Waals surface area (Å²) in [6.07, 6.45) is 5.87. The van der Waals surface area contributed by atoms with E-state index in [0.29, 0.717) is 35.2 Å². The minimum atomic E-state index is -0.828. The molecular weight excluding hydrogens is 443 g/mol. The van der Waals surface area contributed by atoms with Gasteiger partial charge in [-0.25, -0.2) is 4.39 Å². The van der Waals surface area contributed by atoms with E-state index < -0.39 is 12.8 Å². The van der Waals surface area contributed by atoms with Crippen LogP contribution in [0.25, 0.3) is 10.9 Å². The molecule has 2 N–H and O–H groups in total. The number of aromatic nitrogens is 1. The maximum absolute atomic E-state index is 13.8. The molecule has 1 atom stereocenters.